The van der Waals surface area contributed by atoms with Crippen molar-refractivity contribution in [1.82, 2.24) is 0 Å². The van der Waals surface area contributed by atoms with Gasteiger partial charge >= 0.3 is 0 Å². The average molecular weight is 335 g/mol. The van der Waals surface area contributed by atoms with Gasteiger partial charge in [-0.25, -0.2) is 0 Å². The number of para-hydroxylation sites is 2. The number of anilines is 2. The van der Waals surface area contributed by atoms with Crippen molar-refractivity contribution in [3.8, 4) is 16.9 Å². The molecule has 0 aliphatic heterocycles. The van der Waals surface area contributed by atoms with Gasteiger partial charge in [-0.2, -0.15) is 0 Å². The summed E-state index contributed by atoms with van der Waals surface area (Å²) in [5.41, 5.74) is 2.69. The molecule has 0 aliphatic rings. The zero-order valence-electron chi connectivity index (χ0n) is 14.9. The second-order valence-electron chi connectivity index (χ2n) is 6.39. The highest BCUT2D eigenvalue weighted by molar-refractivity contribution is 5.86. The maximum absolute atomic E-state index is 12.2. The lowest BCUT2D eigenvalue weighted by Crippen LogP contribution is -2.39. The lowest BCUT2D eigenvalue weighted by molar-refractivity contribution is 0.415. The zero-order chi connectivity index (χ0) is 18.1. The minimum absolute atomic E-state index is 0.409. The highest BCUT2D eigenvalue weighted by atomic mass is 16.5. The van der Waals surface area contributed by atoms with Gasteiger partial charge < -0.3 is 9.64 Å². The summed E-state index contributed by atoms with van der Waals surface area (Å²) in [6.45, 7) is 4.24. The molecule has 0 unspecified atom stereocenters. The third kappa shape index (κ3) is 2.84. The molecule has 0 amide bonds. The number of hydrogen-bond acceptors (Lipinski definition) is 4. The molecular weight excluding hydrogens is 314 g/mol. The third-order valence-electron chi connectivity index (χ3n) is 4.53. The lowest BCUT2D eigenvalue weighted by atomic mass is 9.94. The Hall–Kier alpha value is -2.88. The highest BCUT2D eigenvalue weighted by Crippen LogP contribution is 2.35. The molecule has 25 heavy (non-hydrogen) atoms. The summed E-state index contributed by atoms with van der Waals surface area (Å²) in [7, 11) is 3.36. The summed E-state index contributed by atoms with van der Waals surface area (Å²) >= 11 is 0. The van der Waals surface area contributed by atoms with E-state index in [0.29, 0.717) is 22.9 Å². The first-order chi connectivity index (χ1) is 12.0. The molecule has 0 heterocycles. The Balaban J connectivity index is 2.06. The van der Waals surface area contributed by atoms with E-state index in [1.165, 1.54) is 5.56 Å². The van der Waals surface area contributed by atoms with E-state index in [2.05, 4.69) is 13.8 Å². The van der Waals surface area contributed by atoms with E-state index in [9.17, 15) is 9.59 Å². The van der Waals surface area contributed by atoms with Gasteiger partial charge in [-0.05, 0) is 29.2 Å². The van der Waals surface area contributed by atoms with Gasteiger partial charge in [0.2, 0.25) is 5.43 Å². The molecule has 128 valence electrons. The van der Waals surface area contributed by atoms with Crippen LogP contribution in [0.2, 0.25) is 0 Å². The fourth-order valence-electron chi connectivity index (χ4n) is 3.03. The van der Waals surface area contributed by atoms with Crippen LogP contribution < -0.4 is 20.5 Å². The van der Waals surface area contributed by atoms with Gasteiger partial charge in [0.1, 0.15) is 11.4 Å². The van der Waals surface area contributed by atoms with E-state index in [1.54, 1.807) is 19.1 Å². The Morgan fingerprint density at radius 3 is 2.16 bits per heavy atom. The predicted molar refractivity (Wildman–Crippen MR) is 102 cm³/mol. The first-order valence-electron chi connectivity index (χ1n) is 8.26. The molecule has 3 aromatic rings. The van der Waals surface area contributed by atoms with Crippen molar-refractivity contribution < 1.29 is 4.74 Å². The van der Waals surface area contributed by atoms with Gasteiger partial charge in [0.15, 0.2) is 0 Å². The Kier molecular flexibility index (Phi) is 4.45. The fraction of sp³-hybridized carbons (Fsp3) is 0.238. The van der Waals surface area contributed by atoms with Crippen LogP contribution in [0.25, 0.3) is 11.1 Å². The van der Waals surface area contributed by atoms with Crippen LogP contribution in [0.1, 0.15) is 25.3 Å². The zero-order valence-corrected chi connectivity index (χ0v) is 14.9. The number of hydrogen-bond donors (Lipinski definition) is 0. The summed E-state index contributed by atoms with van der Waals surface area (Å²) in [6, 6.07) is 15.3. The quantitative estimate of drug-likeness (QED) is 0.665. The Labute approximate surface area is 147 Å². The molecule has 0 saturated carbocycles. The molecule has 4 heteroatoms. The van der Waals surface area contributed by atoms with E-state index in [0.717, 1.165) is 11.3 Å². The Bertz CT molecular complexity index is 964. The van der Waals surface area contributed by atoms with Gasteiger partial charge in [-0.3, -0.25) is 9.59 Å². The van der Waals surface area contributed by atoms with Gasteiger partial charge in [0.05, 0.1) is 18.4 Å². The molecule has 0 aliphatic carbocycles. The van der Waals surface area contributed by atoms with Crippen LogP contribution in [0.4, 0.5) is 11.4 Å². The minimum atomic E-state index is -0.462. The fourth-order valence-corrected chi connectivity index (χ4v) is 3.03. The van der Waals surface area contributed by atoms with Gasteiger partial charge in [0, 0.05) is 7.05 Å². The molecule has 3 aromatic carbocycles. The van der Waals surface area contributed by atoms with E-state index in [1.807, 2.05) is 48.5 Å². The highest BCUT2D eigenvalue weighted by Gasteiger charge is 2.27. The van der Waals surface area contributed by atoms with Crippen LogP contribution in [-0.2, 0) is 0 Å². The lowest BCUT2D eigenvalue weighted by Gasteiger charge is -2.25. The van der Waals surface area contributed by atoms with Gasteiger partial charge in [-0.15, -0.1) is 0 Å². The Morgan fingerprint density at radius 2 is 1.56 bits per heavy atom. The van der Waals surface area contributed by atoms with Crippen LogP contribution >= 0.6 is 0 Å². The van der Waals surface area contributed by atoms with Crippen molar-refractivity contribution in [2.75, 3.05) is 19.1 Å². The minimum Gasteiger partial charge on any atom is -0.495 e. The number of benzene rings is 2. The van der Waals surface area contributed by atoms with Crippen molar-refractivity contribution in [2.45, 2.75) is 19.8 Å². The van der Waals surface area contributed by atoms with E-state index in [-0.39, 0.29) is 0 Å². The molecule has 0 spiro atoms. The summed E-state index contributed by atoms with van der Waals surface area (Å²) < 4.78 is 5.37. The van der Waals surface area contributed by atoms with Gasteiger partial charge in [0.25, 0.3) is 5.43 Å². The number of nitrogens with zero attached hydrogens (tertiary/aromatic N) is 1. The van der Waals surface area contributed by atoms with Crippen molar-refractivity contribution in [2.24, 2.45) is 0 Å². The molecule has 0 saturated heterocycles. The number of methoxy groups -OCH3 is 1. The molecule has 0 aromatic heterocycles. The molecule has 0 N–H and O–H groups in total. The summed E-state index contributed by atoms with van der Waals surface area (Å²) in [4.78, 5) is 26.2. The van der Waals surface area contributed by atoms with Crippen molar-refractivity contribution >= 4 is 11.4 Å². The maximum Gasteiger partial charge on any atom is 0.250 e. The van der Waals surface area contributed by atoms with Crippen LogP contribution in [0.5, 0.6) is 5.75 Å². The largest absolute Gasteiger partial charge is 0.495 e. The molecule has 0 bridgehead atoms. The Morgan fingerprint density at radius 1 is 0.920 bits per heavy atom. The molecule has 3 rings (SSSR count). The normalized spacial score (nSPS) is 11.1. The first-order valence-corrected chi connectivity index (χ1v) is 8.26. The molecular formula is C21H21NO3. The monoisotopic (exact) mass is 335 g/mol. The van der Waals surface area contributed by atoms with Crippen molar-refractivity contribution in [1.29, 1.82) is 0 Å². The van der Waals surface area contributed by atoms with Crippen LogP contribution in [0.3, 0.4) is 0 Å². The number of rotatable bonds is 5. The van der Waals surface area contributed by atoms with E-state index >= 15 is 0 Å². The second kappa shape index (κ2) is 6.55. The second-order valence-corrected chi connectivity index (χ2v) is 6.39. The third-order valence-corrected chi connectivity index (χ3v) is 4.53. The van der Waals surface area contributed by atoms with Crippen LogP contribution in [0, 0.1) is 0 Å². The summed E-state index contributed by atoms with van der Waals surface area (Å²) in [6.07, 6.45) is 0. The topological polar surface area (TPSA) is 46.6 Å². The smallest absolute Gasteiger partial charge is 0.250 e. The molecule has 0 atom stereocenters. The van der Waals surface area contributed by atoms with E-state index in [4.69, 9.17) is 4.74 Å². The molecule has 0 fully saturated rings. The average Bonchev–Trinajstić information content (AvgIpc) is 2.64. The van der Waals surface area contributed by atoms with Gasteiger partial charge in [-0.1, -0.05) is 50.2 Å². The first kappa shape index (κ1) is 17.0. The summed E-state index contributed by atoms with van der Waals surface area (Å²) in [5.74, 6) is 1.07. The van der Waals surface area contributed by atoms with E-state index < -0.39 is 10.9 Å². The standard InChI is InChI=1S/C21H21NO3/c1-13(2)14-9-11-15(12-10-14)18-19(21(24)20(18)23)22(3)16-7-5-6-8-17(16)25-4/h5-13H,1-4H3. The van der Waals surface area contributed by atoms with Crippen molar-refractivity contribution in [3.05, 3.63) is 74.5 Å². The molecule has 4 nitrogen and oxygen atoms in total. The summed E-state index contributed by atoms with van der Waals surface area (Å²) in [5, 5.41) is 0. The molecule has 0 radical (unpaired) electrons. The van der Waals surface area contributed by atoms with Crippen LogP contribution in [-0.4, -0.2) is 14.2 Å². The van der Waals surface area contributed by atoms with Crippen molar-refractivity contribution in [3.63, 3.8) is 0 Å². The SMILES string of the molecule is COc1ccccc1N(C)c1c(-c2ccc(C(C)C)cc2)c(=O)c1=O. The number of ether oxygens (including phenoxy) is 1. The predicted octanol–water partition coefficient (Wildman–Crippen LogP) is 3.85. The maximum atomic E-state index is 12.2. The van der Waals surface area contributed by atoms with Crippen LogP contribution in [0.15, 0.2) is 58.1 Å².